The van der Waals surface area contributed by atoms with Gasteiger partial charge in [0.25, 0.3) is 5.91 Å². The van der Waals surface area contributed by atoms with E-state index in [1.807, 2.05) is 4.72 Å². The molecule has 2 heterocycles. The number of nitrogens with zero attached hydrogens (tertiary/aromatic N) is 1. The molecule has 2 aromatic rings. The number of halogens is 1. The van der Waals surface area contributed by atoms with Crippen LogP contribution in [-0.2, 0) is 14.8 Å². The van der Waals surface area contributed by atoms with E-state index in [4.69, 9.17) is 4.74 Å². The molecular weight excluding hydrogens is 367 g/mol. The molecular formula is C16H17FN2O4S2. The van der Waals surface area contributed by atoms with Gasteiger partial charge in [-0.2, -0.15) is 0 Å². The third kappa shape index (κ3) is 4.62. The van der Waals surface area contributed by atoms with Gasteiger partial charge in [0, 0.05) is 17.6 Å². The molecule has 1 aromatic carbocycles. The monoisotopic (exact) mass is 384 g/mol. The molecule has 0 bridgehead atoms. The number of carbonyl (C=O) groups is 1. The smallest absolute Gasteiger partial charge is 0.284 e. The Morgan fingerprint density at radius 1 is 1.36 bits per heavy atom. The van der Waals surface area contributed by atoms with Gasteiger partial charge in [-0.1, -0.05) is 12.1 Å². The summed E-state index contributed by atoms with van der Waals surface area (Å²) in [6.07, 6.45) is 2.08. The van der Waals surface area contributed by atoms with Crippen LogP contribution in [0.4, 0.5) is 4.39 Å². The average molecular weight is 384 g/mol. The van der Waals surface area contributed by atoms with Crippen molar-refractivity contribution in [1.29, 1.82) is 0 Å². The van der Waals surface area contributed by atoms with Gasteiger partial charge in [0.15, 0.2) is 0 Å². The number of rotatable bonds is 5. The van der Waals surface area contributed by atoms with E-state index in [-0.39, 0.29) is 17.0 Å². The zero-order valence-electron chi connectivity index (χ0n) is 13.3. The van der Waals surface area contributed by atoms with Gasteiger partial charge >= 0.3 is 0 Å². The lowest BCUT2D eigenvalue weighted by Crippen LogP contribution is -2.38. The van der Waals surface area contributed by atoms with E-state index in [0.29, 0.717) is 18.0 Å². The molecule has 1 aromatic heterocycles. The first-order valence-electron chi connectivity index (χ1n) is 7.81. The maximum absolute atomic E-state index is 13.8. The lowest BCUT2D eigenvalue weighted by molar-refractivity contribution is 0.0304. The molecule has 1 aliphatic heterocycles. The first kappa shape index (κ1) is 18.0. The van der Waals surface area contributed by atoms with Gasteiger partial charge in [0.05, 0.1) is 11.9 Å². The Labute approximate surface area is 149 Å². The van der Waals surface area contributed by atoms with Crippen molar-refractivity contribution < 1.29 is 22.3 Å². The summed E-state index contributed by atoms with van der Waals surface area (Å²) in [5, 5.41) is 1.72. The standard InChI is InChI=1S/C16H17FN2O4S2/c17-13-7-2-1-6-12(13)16-18-14(9-24-16)15(20)19-25(21,22)10-11-5-3-4-8-23-11/h1-2,6-7,9,11H,3-5,8,10H2,(H,19,20)/t11-/m0/s1. The quantitative estimate of drug-likeness (QED) is 0.856. The third-order valence-electron chi connectivity index (χ3n) is 3.77. The average Bonchev–Trinajstić information content (AvgIpc) is 3.05. The van der Waals surface area contributed by atoms with Crippen LogP contribution in [0.1, 0.15) is 29.8 Å². The van der Waals surface area contributed by atoms with Crippen molar-refractivity contribution in [3.63, 3.8) is 0 Å². The first-order valence-corrected chi connectivity index (χ1v) is 10.3. The second kappa shape index (κ2) is 7.59. The lowest BCUT2D eigenvalue weighted by Gasteiger charge is -2.22. The van der Waals surface area contributed by atoms with Crippen LogP contribution >= 0.6 is 11.3 Å². The number of benzene rings is 1. The molecule has 0 spiro atoms. The third-order valence-corrected chi connectivity index (χ3v) is 5.95. The van der Waals surface area contributed by atoms with E-state index >= 15 is 0 Å². The summed E-state index contributed by atoms with van der Waals surface area (Å²) in [6.45, 7) is 0.534. The van der Waals surface area contributed by atoms with Crippen molar-refractivity contribution in [3.05, 3.63) is 41.2 Å². The Morgan fingerprint density at radius 3 is 2.88 bits per heavy atom. The highest BCUT2D eigenvalue weighted by molar-refractivity contribution is 7.90. The fraction of sp³-hybridized carbons (Fsp3) is 0.375. The molecule has 6 nitrogen and oxygen atoms in total. The van der Waals surface area contributed by atoms with Gasteiger partial charge in [0.2, 0.25) is 10.0 Å². The van der Waals surface area contributed by atoms with E-state index in [9.17, 15) is 17.6 Å². The van der Waals surface area contributed by atoms with Crippen LogP contribution in [-0.4, -0.2) is 37.8 Å². The predicted molar refractivity (Wildman–Crippen MR) is 92.4 cm³/mol. The molecule has 0 unspecified atom stereocenters. The highest BCUT2D eigenvalue weighted by Gasteiger charge is 2.25. The van der Waals surface area contributed by atoms with Crippen molar-refractivity contribution in [3.8, 4) is 10.6 Å². The number of aromatic nitrogens is 1. The molecule has 1 atom stereocenters. The van der Waals surface area contributed by atoms with Crippen LogP contribution in [0, 0.1) is 5.82 Å². The zero-order chi connectivity index (χ0) is 17.9. The molecule has 3 rings (SSSR count). The fourth-order valence-electron chi connectivity index (χ4n) is 2.56. The predicted octanol–water partition coefficient (Wildman–Crippen LogP) is 2.58. The fourth-order valence-corrected chi connectivity index (χ4v) is 4.60. The highest BCUT2D eigenvalue weighted by atomic mass is 32.2. The second-order valence-electron chi connectivity index (χ2n) is 5.72. The Kier molecular flexibility index (Phi) is 5.45. The SMILES string of the molecule is O=C(NS(=O)(=O)C[C@@H]1CCCCO1)c1csc(-c2ccccc2F)n1. The van der Waals surface area contributed by atoms with Gasteiger partial charge in [-0.3, -0.25) is 4.79 Å². The minimum atomic E-state index is -3.83. The van der Waals surface area contributed by atoms with Gasteiger partial charge in [-0.25, -0.2) is 22.5 Å². The lowest BCUT2D eigenvalue weighted by atomic mass is 10.1. The summed E-state index contributed by atoms with van der Waals surface area (Å²) in [4.78, 5) is 16.2. The number of carbonyl (C=O) groups excluding carboxylic acids is 1. The zero-order valence-corrected chi connectivity index (χ0v) is 14.9. The van der Waals surface area contributed by atoms with Crippen molar-refractivity contribution in [2.75, 3.05) is 12.4 Å². The summed E-state index contributed by atoms with van der Waals surface area (Å²) < 4.78 is 45.4. The van der Waals surface area contributed by atoms with Crippen LogP contribution in [0.5, 0.6) is 0 Å². The van der Waals surface area contributed by atoms with E-state index in [2.05, 4.69) is 4.98 Å². The first-order chi connectivity index (χ1) is 11.9. The molecule has 1 aliphatic rings. The largest absolute Gasteiger partial charge is 0.377 e. The minimum Gasteiger partial charge on any atom is -0.377 e. The van der Waals surface area contributed by atoms with Crippen molar-refractivity contribution >= 4 is 27.3 Å². The minimum absolute atomic E-state index is 0.0589. The normalized spacial score (nSPS) is 18.0. The molecule has 1 fully saturated rings. The summed E-state index contributed by atoms with van der Waals surface area (Å²) >= 11 is 1.08. The molecule has 0 saturated carbocycles. The molecule has 1 saturated heterocycles. The molecule has 0 radical (unpaired) electrons. The molecule has 9 heteroatoms. The topological polar surface area (TPSA) is 85.4 Å². The number of thiazole rings is 1. The number of nitrogens with one attached hydrogen (secondary N) is 1. The van der Waals surface area contributed by atoms with Gasteiger partial charge in [-0.05, 0) is 31.4 Å². The van der Waals surface area contributed by atoms with Crippen molar-refractivity contribution in [1.82, 2.24) is 9.71 Å². The van der Waals surface area contributed by atoms with Crippen molar-refractivity contribution in [2.24, 2.45) is 0 Å². The Morgan fingerprint density at radius 2 is 2.16 bits per heavy atom. The second-order valence-corrected chi connectivity index (χ2v) is 8.34. The van der Waals surface area contributed by atoms with Gasteiger partial charge < -0.3 is 4.74 Å². The Hall–Kier alpha value is -1.84. The van der Waals surface area contributed by atoms with Crippen LogP contribution in [0.15, 0.2) is 29.6 Å². The Balaban J connectivity index is 1.68. The van der Waals surface area contributed by atoms with E-state index in [1.54, 1.807) is 18.2 Å². The summed E-state index contributed by atoms with van der Waals surface area (Å²) in [6, 6.07) is 6.06. The number of ether oxygens (including phenoxy) is 1. The summed E-state index contributed by atoms with van der Waals surface area (Å²) in [7, 11) is -3.83. The number of amides is 1. The molecule has 0 aliphatic carbocycles. The van der Waals surface area contributed by atoms with Crippen LogP contribution in [0.3, 0.4) is 0 Å². The number of sulfonamides is 1. The molecule has 134 valence electrons. The van der Waals surface area contributed by atoms with E-state index < -0.39 is 27.9 Å². The molecule has 1 amide bonds. The Bertz CT molecular complexity index is 861. The van der Waals surface area contributed by atoms with E-state index in [0.717, 1.165) is 24.2 Å². The maximum Gasteiger partial charge on any atom is 0.284 e. The van der Waals surface area contributed by atoms with Gasteiger partial charge in [-0.15, -0.1) is 11.3 Å². The molecule has 25 heavy (non-hydrogen) atoms. The maximum atomic E-state index is 13.8. The number of hydrogen-bond donors (Lipinski definition) is 1. The number of hydrogen-bond acceptors (Lipinski definition) is 6. The summed E-state index contributed by atoms with van der Waals surface area (Å²) in [5.41, 5.74) is 0.210. The summed E-state index contributed by atoms with van der Waals surface area (Å²) in [5.74, 6) is -1.54. The van der Waals surface area contributed by atoms with Crippen LogP contribution in [0.25, 0.3) is 10.6 Å². The van der Waals surface area contributed by atoms with Crippen molar-refractivity contribution in [2.45, 2.75) is 25.4 Å². The highest BCUT2D eigenvalue weighted by Crippen LogP contribution is 2.26. The van der Waals surface area contributed by atoms with E-state index in [1.165, 1.54) is 11.4 Å². The van der Waals surface area contributed by atoms with Crippen LogP contribution < -0.4 is 4.72 Å². The van der Waals surface area contributed by atoms with Gasteiger partial charge in [0.1, 0.15) is 16.5 Å². The molecule has 1 N–H and O–H groups in total. The van der Waals surface area contributed by atoms with Crippen LogP contribution in [0.2, 0.25) is 0 Å².